The predicted octanol–water partition coefficient (Wildman–Crippen LogP) is 2.60. The van der Waals surface area contributed by atoms with Crippen LogP contribution in [0.5, 0.6) is 0 Å². The van der Waals surface area contributed by atoms with Crippen LogP contribution in [0.2, 0.25) is 10.0 Å². The molecule has 2 N–H and O–H groups in total. The van der Waals surface area contributed by atoms with E-state index in [1.54, 1.807) is 18.3 Å². The van der Waals surface area contributed by atoms with Crippen molar-refractivity contribution in [3.63, 3.8) is 0 Å². The number of nitrogens with zero attached hydrogens (tertiary/aromatic N) is 3. The second-order valence-corrected chi connectivity index (χ2v) is 6.28. The van der Waals surface area contributed by atoms with Crippen molar-refractivity contribution in [1.82, 2.24) is 20.3 Å². The number of hydrogen-bond donors (Lipinski definition) is 2. The van der Waals surface area contributed by atoms with E-state index in [2.05, 4.69) is 20.3 Å². The lowest BCUT2D eigenvalue weighted by atomic mass is 9.90. The van der Waals surface area contributed by atoms with Gasteiger partial charge in [-0.3, -0.25) is 4.90 Å². The molecule has 1 aliphatic rings. The van der Waals surface area contributed by atoms with E-state index in [0.29, 0.717) is 35.2 Å². The number of likely N-dealkylation sites (tertiary alicyclic amines) is 1. The van der Waals surface area contributed by atoms with Crippen LogP contribution in [-0.4, -0.2) is 38.5 Å². The fraction of sp³-hybridized carbons (Fsp3) is 0.429. The van der Waals surface area contributed by atoms with Gasteiger partial charge in [-0.05, 0) is 43.1 Å². The summed E-state index contributed by atoms with van der Waals surface area (Å²) < 4.78 is 0. The Labute approximate surface area is 132 Å². The Bertz CT molecular complexity index is 619. The van der Waals surface area contributed by atoms with Crippen molar-refractivity contribution in [2.45, 2.75) is 25.0 Å². The monoisotopic (exact) mass is 326 g/mol. The molecule has 0 saturated carbocycles. The van der Waals surface area contributed by atoms with Crippen LogP contribution in [0.4, 0.5) is 0 Å². The average molecular weight is 327 g/mol. The van der Waals surface area contributed by atoms with Gasteiger partial charge in [0.15, 0.2) is 0 Å². The Morgan fingerprint density at radius 2 is 2.24 bits per heavy atom. The molecule has 21 heavy (non-hydrogen) atoms. The van der Waals surface area contributed by atoms with E-state index < -0.39 is 5.60 Å². The van der Waals surface area contributed by atoms with E-state index in [-0.39, 0.29) is 0 Å². The maximum absolute atomic E-state index is 10.8. The molecule has 5 nitrogen and oxygen atoms in total. The summed E-state index contributed by atoms with van der Waals surface area (Å²) >= 11 is 12.2. The van der Waals surface area contributed by atoms with Gasteiger partial charge in [0.25, 0.3) is 0 Å². The topological polar surface area (TPSA) is 65.0 Å². The third kappa shape index (κ3) is 3.21. The van der Waals surface area contributed by atoms with Crippen LogP contribution < -0.4 is 0 Å². The number of piperidine rings is 1. The van der Waals surface area contributed by atoms with Crippen molar-refractivity contribution in [2.75, 3.05) is 13.1 Å². The van der Waals surface area contributed by atoms with E-state index in [4.69, 9.17) is 23.2 Å². The van der Waals surface area contributed by atoms with Gasteiger partial charge >= 0.3 is 0 Å². The highest BCUT2D eigenvalue weighted by Gasteiger charge is 2.37. The summed E-state index contributed by atoms with van der Waals surface area (Å²) in [7, 11) is 0. The van der Waals surface area contributed by atoms with E-state index in [1.807, 2.05) is 6.07 Å². The lowest BCUT2D eigenvalue weighted by Gasteiger charge is -2.38. The van der Waals surface area contributed by atoms with Gasteiger partial charge in [0.2, 0.25) is 0 Å². The zero-order chi connectivity index (χ0) is 14.9. The number of aliphatic hydroxyl groups is 1. The normalized spacial score (nSPS) is 23.4. The average Bonchev–Trinajstić information content (AvgIpc) is 2.98. The Balaban J connectivity index is 1.76. The first-order chi connectivity index (χ1) is 10.1. The largest absolute Gasteiger partial charge is 0.382 e. The van der Waals surface area contributed by atoms with Gasteiger partial charge < -0.3 is 5.11 Å². The standard InChI is InChI=1S/C14H16Cl2N4O/c15-11-2-3-12(16)10(6-11)8-20-5-1-4-14(21,9-20)13-7-17-19-18-13/h2-3,6-7,21H,1,4-5,8-9H2,(H,17,18,19)/t14-/m1/s1. The minimum absolute atomic E-state index is 0.502. The number of nitrogens with one attached hydrogen (secondary N) is 1. The van der Waals surface area contributed by atoms with E-state index in [0.717, 1.165) is 18.5 Å². The first kappa shape index (κ1) is 14.8. The van der Waals surface area contributed by atoms with Crippen LogP contribution >= 0.6 is 23.2 Å². The molecule has 3 rings (SSSR count). The van der Waals surface area contributed by atoms with Crippen LogP contribution in [0.25, 0.3) is 0 Å². The molecule has 1 fully saturated rings. The Morgan fingerprint density at radius 1 is 1.38 bits per heavy atom. The van der Waals surface area contributed by atoms with Gasteiger partial charge in [-0.25, -0.2) is 0 Å². The van der Waals surface area contributed by atoms with Gasteiger partial charge in [-0.15, -0.1) is 0 Å². The molecule has 2 heterocycles. The van der Waals surface area contributed by atoms with Crippen LogP contribution in [-0.2, 0) is 12.1 Å². The molecule has 7 heteroatoms. The van der Waals surface area contributed by atoms with E-state index in [1.165, 1.54) is 0 Å². The summed E-state index contributed by atoms with van der Waals surface area (Å²) in [4.78, 5) is 2.16. The smallest absolute Gasteiger partial charge is 0.123 e. The van der Waals surface area contributed by atoms with Gasteiger partial charge in [0.1, 0.15) is 11.3 Å². The minimum Gasteiger partial charge on any atom is -0.382 e. The molecule has 0 aliphatic carbocycles. The molecule has 1 aromatic carbocycles. The first-order valence-corrected chi connectivity index (χ1v) is 7.57. The Hall–Kier alpha value is -1.14. The zero-order valence-corrected chi connectivity index (χ0v) is 12.9. The number of hydrogen-bond acceptors (Lipinski definition) is 4. The fourth-order valence-electron chi connectivity index (χ4n) is 2.80. The third-order valence-electron chi connectivity index (χ3n) is 3.84. The molecule has 1 saturated heterocycles. The number of halogens is 2. The number of benzene rings is 1. The van der Waals surface area contributed by atoms with Crippen molar-refractivity contribution >= 4 is 23.2 Å². The number of β-amino-alcohol motifs (C(OH)–C–C–N with tert-alkyl or cyclic N) is 1. The quantitative estimate of drug-likeness (QED) is 0.909. The molecule has 0 unspecified atom stereocenters. The zero-order valence-electron chi connectivity index (χ0n) is 11.4. The van der Waals surface area contributed by atoms with Crippen LogP contribution in [0.15, 0.2) is 24.4 Å². The van der Waals surface area contributed by atoms with Crippen LogP contribution in [0.3, 0.4) is 0 Å². The lowest BCUT2D eigenvalue weighted by molar-refractivity contribution is -0.0414. The van der Waals surface area contributed by atoms with Crippen molar-refractivity contribution in [2.24, 2.45) is 0 Å². The molecule has 0 radical (unpaired) electrons. The SMILES string of the molecule is O[C@]1(c2cn[nH]n2)CCCN(Cc2cc(Cl)ccc2Cl)C1. The highest BCUT2D eigenvalue weighted by Crippen LogP contribution is 2.31. The highest BCUT2D eigenvalue weighted by molar-refractivity contribution is 6.33. The summed E-state index contributed by atoms with van der Waals surface area (Å²) in [6.07, 6.45) is 3.15. The number of aromatic nitrogens is 3. The van der Waals surface area contributed by atoms with Crippen molar-refractivity contribution < 1.29 is 5.11 Å². The Kier molecular flexibility index (Phi) is 4.17. The number of H-pyrrole nitrogens is 1. The van der Waals surface area contributed by atoms with Crippen molar-refractivity contribution in [3.05, 3.63) is 45.7 Å². The molecule has 112 valence electrons. The van der Waals surface area contributed by atoms with Crippen molar-refractivity contribution in [1.29, 1.82) is 0 Å². The summed E-state index contributed by atoms with van der Waals surface area (Å²) in [5.74, 6) is 0. The van der Waals surface area contributed by atoms with Crippen LogP contribution in [0, 0.1) is 0 Å². The number of aromatic amines is 1. The highest BCUT2D eigenvalue weighted by atomic mass is 35.5. The van der Waals surface area contributed by atoms with Gasteiger partial charge in [-0.2, -0.15) is 15.4 Å². The maximum atomic E-state index is 10.8. The molecule has 1 atom stereocenters. The second kappa shape index (κ2) is 5.93. The summed E-state index contributed by atoms with van der Waals surface area (Å²) in [5, 5.41) is 22.5. The summed E-state index contributed by atoms with van der Waals surface area (Å²) in [5.41, 5.74) is 0.592. The number of rotatable bonds is 3. The lowest BCUT2D eigenvalue weighted by Crippen LogP contribution is -2.45. The summed E-state index contributed by atoms with van der Waals surface area (Å²) in [6, 6.07) is 5.44. The maximum Gasteiger partial charge on any atom is 0.123 e. The molecule has 0 spiro atoms. The van der Waals surface area contributed by atoms with Crippen LogP contribution in [0.1, 0.15) is 24.1 Å². The van der Waals surface area contributed by atoms with Gasteiger partial charge in [0.05, 0.1) is 6.20 Å². The molecule has 0 bridgehead atoms. The molecular weight excluding hydrogens is 311 g/mol. The van der Waals surface area contributed by atoms with Crippen molar-refractivity contribution in [3.8, 4) is 0 Å². The third-order valence-corrected chi connectivity index (χ3v) is 4.45. The molecule has 1 aliphatic heterocycles. The van der Waals surface area contributed by atoms with E-state index in [9.17, 15) is 5.11 Å². The predicted molar refractivity (Wildman–Crippen MR) is 81.3 cm³/mol. The van der Waals surface area contributed by atoms with Gasteiger partial charge in [0, 0.05) is 23.1 Å². The Morgan fingerprint density at radius 3 is 3.00 bits per heavy atom. The fourth-order valence-corrected chi connectivity index (χ4v) is 3.17. The first-order valence-electron chi connectivity index (χ1n) is 6.82. The molecular formula is C14H16Cl2N4O. The molecule has 2 aromatic rings. The van der Waals surface area contributed by atoms with Gasteiger partial charge in [-0.1, -0.05) is 23.2 Å². The molecule has 1 aromatic heterocycles. The molecule has 0 amide bonds. The second-order valence-electron chi connectivity index (χ2n) is 5.44. The van der Waals surface area contributed by atoms with E-state index >= 15 is 0 Å². The summed E-state index contributed by atoms with van der Waals surface area (Å²) in [6.45, 7) is 2.06. The minimum atomic E-state index is -0.962.